The normalized spacial score (nSPS) is 12.0. The molecule has 0 aliphatic carbocycles. The van der Waals surface area contributed by atoms with Gasteiger partial charge >= 0.3 is 0 Å². The van der Waals surface area contributed by atoms with E-state index in [0.717, 1.165) is 25.2 Å². The van der Waals surface area contributed by atoms with Gasteiger partial charge in [-0.2, -0.15) is 0 Å². The Hall–Kier alpha value is -0.900. The Morgan fingerprint density at radius 2 is 2.07 bits per heavy atom. The largest absolute Gasteiger partial charge is 0.425 e. The van der Waals surface area contributed by atoms with Crippen LogP contribution in [0.3, 0.4) is 0 Å². The minimum atomic E-state index is -0.0199. The second-order valence-electron chi connectivity index (χ2n) is 4.13. The average Bonchev–Trinajstić information content (AvgIpc) is 2.63. The van der Waals surface area contributed by atoms with E-state index >= 15 is 0 Å². The van der Waals surface area contributed by atoms with Crippen molar-refractivity contribution in [3.63, 3.8) is 0 Å². The molecular weight excluding hydrogens is 178 g/mol. The zero-order valence-corrected chi connectivity index (χ0v) is 9.21. The lowest BCUT2D eigenvalue weighted by Crippen LogP contribution is -2.15. The second-order valence-corrected chi connectivity index (χ2v) is 4.13. The fraction of sp³-hybridized carbons (Fsp3) is 0.800. The van der Waals surface area contributed by atoms with Gasteiger partial charge in [-0.25, -0.2) is 0 Å². The number of nitrogens with zero attached hydrogens (tertiary/aromatic N) is 2. The van der Waals surface area contributed by atoms with Crippen LogP contribution in [0, 0.1) is 0 Å². The van der Waals surface area contributed by atoms with Gasteiger partial charge < -0.3 is 10.2 Å². The maximum absolute atomic E-state index is 5.56. The summed E-state index contributed by atoms with van der Waals surface area (Å²) in [6, 6.07) is 0. The molecule has 1 aromatic rings. The van der Waals surface area contributed by atoms with Crippen molar-refractivity contribution in [3.05, 3.63) is 11.8 Å². The first-order chi connectivity index (χ1) is 6.60. The van der Waals surface area contributed by atoms with Crippen LogP contribution in [-0.2, 0) is 11.8 Å². The van der Waals surface area contributed by atoms with Crippen LogP contribution >= 0.6 is 0 Å². The molecule has 1 heterocycles. The van der Waals surface area contributed by atoms with Crippen molar-refractivity contribution < 1.29 is 4.42 Å². The van der Waals surface area contributed by atoms with E-state index in [-0.39, 0.29) is 5.41 Å². The van der Waals surface area contributed by atoms with Crippen molar-refractivity contribution in [2.24, 2.45) is 5.73 Å². The molecule has 0 amide bonds. The van der Waals surface area contributed by atoms with Crippen molar-refractivity contribution in [2.45, 2.75) is 45.4 Å². The summed E-state index contributed by atoms with van der Waals surface area (Å²) in [5.74, 6) is 1.43. The third-order valence-electron chi connectivity index (χ3n) is 2.52. The molecule has 0 spiro atoms. The van der Waals surface area contributed by atoms with E-state index in [1.54, 1.807) is 0 Å². The number of rotatable bonds is 5. The van der Waals surface area contributed by atoms with Gasteiger partial charge in [0.1, 0.15) is 0 Å². The molecule has 4 heteroatoms. The summed E-state index contributed by atoms with van der Waals surface area (Å²) in [6.45, 7) is 6.99. The topological polar surface area (TPSA) is 64.9 Å². The van der Waals surface area contributed by atoms with Gasteiger partial charge in [-0.3, -0.25) is 0 Å². The molecule has 0 saturated carbocycles. The third kappa shape index (κ3) is 2.54. The van der Waals surface area contributed by atoms with E-state index in [1.165, 1.54) is 0 Å². The number of aromatic nitrogens is 2. The highest BCUT2D eigenvalue weighted by atomic mass is 16.4. The lowest BCUT2D eigenvalue weighted by atomic mass is 9.90. The van der Waals surface area contributed by atoms with Crippen molar-refractivity contribution in [3.8, 4) is 0 Å². The van der Waals surface area contributed by atoms with E-state index in [9.17, 15) is 0 Å². The lowest BCUT2D eigenvalue weighted by molar-refractivity contribution is 0.343. The zero-order valence-electron chi connectivity index (χ0n) is 9.21. The predicted molar refractivity (Wildman–Crippen MR) is 55.0 cm³/mol. The average molecular weight is 197 g/mol. The first-order valence-corrected chi connectivity index (χ1v) is 5.13. The fourth-order valence-electron chi connectivity index (χ4n) is 1.03. The van der Waals surface area contributed by atoms with Gasteiger partial charge in [-0.1, -0.05) is 20.8 Å². The Morgan fingerprint density at radius 1 is 1.36 bits per heavy atom. The Bertz CT molecular complexity index is 281. The first kappa shape index (κ1) is 11.2. The van der Waals surface area contributed by atoms with Crippen LogP contribution in [0.4, 0.5) is 0 Å². The molecule has 4 nitrogen and oxygen atoms in total. The SMILES string of the molecule is CCC(C)(C)c1nnc(CCCN)o1. The van der Waals surface area contributed by atoms with E-state index in [1.807, 2.05) is 0 Å². The van der Waals surface area contributed by atoms with Crippen LogP contribution in [0.25, 0.3) is 0 Å². The van der Waals surface area contributed by atoms with Gasteiger partial charge in [-0.05, 0) is 19.4 Å². The highest BCUT2D eigenvalue weighted by Gasteiger charge is 2.24. The molecule has 2 N–H and O–H groups in total. The van der Waals surface area contributed by atoms with Crippen molar-refractivity contribution in [2.75, 3.05) is 6.54 Å². The molecule has 0 bridgehead atoms. The van der Waals surface area contributed by atoms with Crippen molar-refractivity contribution in [1.29, 1.82) is 0 Å². The smallest absolute Gasteiger partial charge is 0.222 e. The van der Waals surface area contributed by atoms with E-state index in [0.29, 0.717) is 12.4 Å². The maximum atomic E-state index is 5.56. The molecule has 0 unspecified atom stereocenters. The molecule has 14 heavy (non-hydrogen) atoms. The van der Waals surface area contributed by atoms with Crippen LogP contribution in [0.2, 0.25) is 0 Å². The molecule has 0 aromatic carbocycles. The number of aryl methyl sites for hydroxylation is 1. The maximum Gasteiger partial charge on any atom is 0.222 e. The number of nitrogens with two attached hydrogens (primary N) is 1. The zero-order chi connectivity index (χ0) is 10.6. The van der Waals surface area contributed by atoms with Crippen LogP contribution in [0.5, 0.6) is 0 Å². The fourth-order valence-corrected chi connectivity index (χ4v) is 1.03. The molecule has 0 fully saturated rings. The summed E-state index contributed by atoms with van der Waals surface area (Å²) in [6.07, 6.45) is 2.67. The van der Waals surface area contributed by atoms with Crippen molar-refractivity contribution >= 4 is 0 Å². The monoisotopic (exact) mass is 197 g/mol. The Kier molecular flexibility index (Phi) is 3.63. The summed E-state index contributed by atoms with van der Waals surface area (Å²) in [4.78, 5) is 0. The molecule has 0 radical (unpaired) electrons. The van der Waals surface area contributed by atoms with Gasteiger partial charge in [-0.15, -0.1) is 10.2 Å². The van der Waals surface area contributed by atoms with Gasteiger partial charge in [0.2, 0.25) is 11.8 Å². The third-order valence-corrected chi connectivity index (χ3v) is 2.52. The Morgan fingerprint density at radius 3 is 2.64 bits per heavy atom. The highest BCUT2D eigenvalue weighted by molar-refractivity contribution is 4.98. The van der Waals surface area contributed by atoms with E-state index in [2.05, 4.69) is 31.0 Å². The summed E-state index contributed by atoms with van der Waals surface area (Å²) < 4.78 is 5.56. The molecule has 1 rings (SSSR count). The van der Waals surface area contributed by atoms with E-state index < -0.39 is 0 Å². The molecular formula is C10H19N3O. The first-order valence-electron chi connectivity index (χ1n) is 5.13. The molecule has 0 aliphatic heterocycles. The Labute approximate surface area is 84.9 Å². The van der Waals surface area contributed by atoms with Gasteiger partial charge in [0.25, 0.3) is 0 Å². The Balaban J connectivity index is 2.67. The van der Waals surface area contributed by atoms with Crippen LogP contribution in [0.15, 0.2) is 4.42 Å². The lowest BCUT2D eigenvalue weighted by Gasteiger charge is -2.16. The summed E-state index contributed by atoms with van der Waals surface area (Å²) in [5.41, 5.74) is 5.39. The summed E-state index contributed by atoms with van der Waals surface area (Å²) in [7, 11) is 0. The number of hydrogen-bond donors (Lipinski definition) is 1. The highest BCUT2D eigenvalue weighted by Crippen LogP contribution is 2.25. The summed E-state index contributed by atoms with van der Waals surface area (Å²) in [5, 5.41) is 8.05. The molecule has 0 aliphatic rings. The molecule has 80 valence electrons. The molecule has 0 atom stereocenters. The standard InChI is InChI=1S/C10H19N3O/c1-4-10(2,3)9-13-12-8(14-9)6-5-7-11/h4-7,11H2,1-3H3. The van der Waals surface area contributed by atoms with Crippen LogP contribution in [-0.4, -0.2) is 16.7 Å². The minimum absolute atomic E-state index is 0.0199. The number of hydrogen-bond acceptors (Lipinski definition) is 4. The predicted octanol–water partition coefficient (Wildman–Crippen LogP) is 1.65. The van der Waals surface area contributed by atoms with E-state index in [4.69, 9.17) is 10.2 Å². The summed E-state index contributed by atoms with van der Waals surface area (Å²) >= 11 is 0. The molecule has 0 saturated heterocycles. The minimum Gasteiger partial charge on any atom is -0.425 e. The van der Waals surface area contributed by atoms with Gasteiger partial charge in [0.05, 0.1) is 0 Å². The van der Waals surface area contributed by atoms with Gasteiger partial charge in [0, 0.05) is 11.8 Å². The van der Waals surface area contributed by atoms with Crippen molar-refractivity contribution in [1.82, 2.24) is 10.2 Å². The van der Waals surface area contributed by atoms with Crippen LogP contribution in [0.1, 0.15) is 45.4 Å². The van der Waals surface area contributed by atoms with Crippen LogP contribution < -0.4 is 5.73 Å². The quantitative estimate of drug-likeness (QED) is 0.779. The second kappa shape index (κ2) is 4.55. The van der Waals surface area contributed by atoms with Gasteiger partial charge in [0.15, 0.2) is 0 Å². The molecule has 1 aromatic heterocycles.